The Morgan fingerprint density at radius 1 is 1.18 bits per heavy atom. The summed E-state index contributed by atoms with van der Waals surface area (Å²) in [6.45, 7) is 4.31. The first-order chi connectivity index (χ1) is 8.00. The molecule has 0 heterocycles. The first kappa shape index (κ1) is 12.3. The van der Waals surface area contributed by atoms with Gasteiger partial charge in [0.25, 0.3) is 0 Å². The molecule has 1 aromatic rings. The van der Waals surface area contributed by atoms with Crippen molar-refractivity contribution in [2.75, 3.05) is 5.32 Å². The number of benzene rings is 1. The molecule has 0 aliphatic heterocycles. The summed E-state index contributed by atoms with van der Waals surface area (Å²) < 4.78 is 27.1. The van der Waals surface area contributed by atoms with E-state index >= 15 is 0 Å². The highest BCUT2D eigenvalue weighted by Crippen LogP contribution is 2.37. The van der Waals surface area contributed by atoms with E-state index in [0.717, 1.165) is 19.3 Å². The molecule has 1 aliphatic rings. The average molecular weight is 239 g/mol. The molecule has 1 saturated carbocycles. The highest BCUT2D eigenvalue weighted by Gasteiger charge is 2.32. The number of para-hydroxylation sites is 1. The lowest BCUT2D eigenvalue weighted by molar-refractivity contribution is 0.216. The maximum absolute atomic E-state index is 13.6. The summed E-state index contributed by atoms with van der Waals surface area (Å²) in [5.74, 6) is -1.02. The molecule has 0 aromatic heterocycles. The van der Waals surface area contributed by atoms with Crippen LogP contribution in [-0.4, -0.2) is 6.04 Å². The Kier molecular flexibility index (Phi) is 3.36. The van der Waals surface area contributed by atoms with Gasteiger partial charge in [-0.05, 0) is 30.4 Å². The van der Waals surface area contributed by atoms with Crippen molar-refractivity contribution >= 4 is 5.69 Å². The van der Waals surface area contributed by atoms with Gasteiger partial charge in [-0.15, -0.1) is 0 Å². The zero-order valence-electron chi connectivity index (χ0n) is 10.4. The number of halogens is 2. The molecule has 0 radical (unpaired) electrons. The molecule has 3 heteroatoms. The van der Waals surface area contributed by atoms with Gasteiger partial charge in [0, 0.05) is 6.04 Å². The molecule has 1 fully saturated rings. The lowest BCUT2D eigenvalue weighted by Gasteiger charge is -2.39. The summed E-state index contributed by atoms with van der Waals surface area (Å²) in [5, 5.41) is 3.06. The van der Waals surface area contributed by atoms with E-state index < -0.39 is 11.6 Å². The third-order valence-corrected chi connectivity index (χ3v) is 3.79. The van der Waals surface area contributed by atoms with Crippen LogP contribution in [0.15, 0.2) is 18.2 Å². The van der Waals surface area contributed by atoms with Gasteiger partial charge in [0.1, 0.15) is 17.3 Å². The lowest BCUT2D eigenvalue weighted by Crippen LogP contribution is -2.39. The maximum Gasteiger partial charge on any atom is 0.149 e. The van der Waals surface area contributed by atoms with E-state index in [4.69, 9.17) is 0 Å². The molecule has 17 heavy (non-hydrogen) atoms. The minimum atomic E-state index is -0.508. The van der Waals surface area contributed by atoms with Crippen molar-refractivity contribution in [2.45, 2.75) is 45.6 Å². The summed E-state index contributed by atoms with van der Waals surface area (Å²) >= 11 is 0. The Balaban J connectivity index is 2.20. The van der Waals surface area contributed by atoms with E-state index in [0.29, 0.717) is 0 Å². The molecular formula is C14H19F2N. The number of hydrogen-bond acceptors (Lipinski definition) is 1. The van der Waals surface area contributed by atoms with Crippen LogP contribution in [0.3, 0.4) is 0 Å². The van der Waals surface area contributed by atoms with Crippen LogP contribution in [0, 0.1) is 17.0 Å². The predicted molar refractivity (Wildman–Crippen MR) is 66.0 cm³/mol. The zero-order valence-corrected chi connectivity index (χ0v) is 10.4. The van der Waals surface area contributed by atoms with Crippen LogP contribution in [0.1, 0.15) is 39.5 Å². The largest absolute Gasteiger partial charge is 0.377 e. The molecule has 0 bridgehead atoms. The molecule has 1 N–H and O–H groups in total. The van der Waals surface area contributed by atoms with Crippen molar-refractivity contribution in [1.82, 2.24) is 0 Å². The number of anilines is 1. The van der Waals surface area contributed by atoms with Gasteiger partial charge in [0.2, 0.25) is 0 Å². The van der Waals surface area contributed by atoms with E-state index in [2.05, 4.69) is 19.2 Å². The highest BCUT2D eigenvalue weighted by atomic mass is 19.1. The molecule has 0 amide bonds. The maximum atomic E-state index is 13.6. The minimum Gasteiger partial charge on any atom is -0.377 e. The fraction of sp³-hybridized carbons (Fsp3) is 0.571. The molecule has 0 saturated heterocycles. The van der Waals surface area contributed by atoms with E-state index in [9.17, 15) is 8.78 Å². The quantitative estimate of drug-likeness (QED) is 0.809. The van der Waals surface area contributed by atoms with Gasteiger partial charge in [-0.3, -0.25) is 0 Å². The summed E-state index contributed by atoms with van der Waals surface area (Å²) in [6, 6.07) is 4.12. The van der Waals surface area contributed by atoms with Crippen LogP contribution in [0.4, 0.5) is 14.5 Å². The van der Waals surface area contributed by atoms with Crippen molar-refractivity contribution in [2.24, 2.45) is 5.41 Å². The van der Waals surface area contributed by atoms with Crippen LogP contribution in [0.5, 0.6) is 0 Å². The Labute approximate surface area is 101 Å². The van der Waals surface area contributed by atoms with Gasteiger partial charge < -0.3 is 5.32 Å². The Morgan fingerprint density at radius 2 is 1.82 bits per heavy atom. The normalized spacial score (nSPS) is 23.4. The minimum absolute atomic E-state index is 0.0208. The Bertz CT molecular complexity index is 381. The predicted octanol–water partition coefficient (Wildman–Crippen LogP) is 4.35. The Hall–Kier alpha value is -1.12. The van der Waals surface area contributed by atoms with Gasteiger partial charge in [0.15, 0.2) is 0 Å². The summed E-state index contributed by atoms with van der Waals surface area (Å²) in [5.41, 5.74) is 0.111. The summed E-state index contributed by atoms with van der Waals surface area (Å²) in [7, 11) is 0. The molecule has 94 valence electrons. The number of rotatable bonds is 2. The smallest absolute Gasteiger partial charge is 0.149 e. The monoisotopic (exact) mass is 239 g/mol. The molecule has 0 spiro atoms. The second kappa shape index (κ2) is 4.63. The second-order valence-electron chi connectivity index (χ2n) is 5.53. The van der Waals surface area contributed by atoms with Crippen molar-refractivity contribution in [3.8, 4) is 0 Å². The topological polar surface area (TPSA) is 12.0 Å². The summed E-state index contributed by atoms with van der Waals surface area (Å²) in [4.78, 5) is 0. The molecular weight excluding hydrogens is 220 g/mol. The van der Waals surface area contributed by atoms with E-state index in [-0.39, 0.29) is 17.1 Å². The van der Waals surface area contributed by atoms with Gasteiger partial charge in [0.05, 0.1) is 0 Å². The van der Waals surface area contributed by atoms with E-state index in [1.807, 2.05) is 0 Å². The van der Waals surface area contributed by atoms with Crippen molar-refractivity contribution in [3.63, 3.8) is 0 Å². The van der Waals surface area contributed by atoms with Gasteiger partial charge >= 0.3 is 0 Å². The van der Waals surface area contributed by atoms with Gasteiger partial charge in [-0.2, -0.15) is 0 Å². The second-order valence-corrected chi connectivity index (χ2v) is 5.53. The third-order valence-electron chi connectivity index (χ3n) is 3.79. The molecule has 2 rings (SSSR count). The number of nitrogens with one attached hydrogen (secondary N) is 1. The van der Waals surface area contributed by atoms with E-state index in [1.165, 1.54) is 24.6 Å². The van der Waals surface area contributed by atoms with Crippen LogP contribution in [-0.2, 0) is 0 Å². The van der Waals surface area contributed by atoms with Crippen LogP contribution >= 0.6 is 0 Å². The summed E-state index contributed by atoms with van der Waals surface area (Å²) in [6.07, 6.45) is 4.39. The standard InChI is InChI=1S/C14H19F2N/c1-14(2)9-4-3-8-12(14)17-13-10(15)6-5-7-11(13)16/h5-7,12,17H,3-4,8-9H2,1-2H3. The lowest BCUT2D eigenvalue weighted by atomic mass is 9.73. The van der Waals surface area contributed by atoms with E-state index in [1.54, 1.807) is 0 Å². The number of hydrogen-bond donors (Lipinski definition) is 1. The molecule has 1 nitrogen and oxygen atoms in total. The first-order valence-electron chi connectivity index (χ1n) is 6.21. The van der Waals surface area contributed by atoms with Crippen LogP contribution in [0.2, 0.25) is 0 Å². The van der Waals surface area contributed by atoms with Crippen molar-refractivity contribution in [3.05, 3.63) is 29.8 Å². The van der Waals surface area contributed by atoms with Crippen LogP contribution in [0.25, 0.3) is 0 Å². The first-order valence-corrected chi connectivity index (χ1v) is 6.21. The zero-order chi connectivity index (χ0) is 12.5. The van der Waals surface area contributed by atoms with Gasteiger partial charge in [-0.1, -0.05) is 32.8 Å². The third kappa shape index (κ3) is 2.59. The fourth-order valence-corrected chi connectivity index (χ4v) is 2.57. The van der Waals surface area contributed by atoms with Crippen molar-refractivity contribution in [1.29, 1.82) is 0 Å². The Morgan fingerprint density at radius 3 is 2.41 bits per heavy atom. The van der Waals surface area contributed by atoms with Crippen molar-refractivity contribution < 1.29 is 8.78 Å². The van der Waals surface area contributed by atoms with Crippen LogP contribution < -0.4 is 5.32 Å². The molecule has 1 aliphatic carbocycles. The molecule has 1 aromatic carbocycles. The highest BCUT2D eigenvalue weighted by molar-refractivity contribution is 5.47. The SMILES string of the molecule is CC1(C)CCCCC1Nc1c(F)cccc1F. The molecule has 1 unspecified atom stereocenters. The average Bonchev–Trinajstić information content (AvgIpc) is 2.25. The fourth-order valence-electron chi connectivity index (χ4n) is 2.57. The molecule has 1 atom stereocenters. The van der Waals surface area contributed by atoms with Gasteiger partial charge in [-0.25, -0.2) is 8.78 Å².